The lowest BCUT2D eigenvalue weighted by molar-refractivity contribution is 0.0932. The summed E-state index contributed by atoms with van der Waals surface area (Å²) in [6.45, 7) is 0.481. The molecule has 2 N–H and O–H groups in total. The summed E-state index contributed by atoms with van der Waals surface area (Å²) in [6.07, 6.45) is 2.23. The van der Waals surface area contributed by atoms with Crippen LogP contribution < -0.4 is 5.32 Å². The molecular formula is C14H17Br2N5O3S2. The van der Waals surface area contributed by atoms with Crippen LogP contribution in [0.1, 0.15) is 27.9 Å². The molecule has 3 heterocycles. The van der Waals surface area contributed by atoms with Gasteiger partial charge in [0.25, 0.3) is 0 Å². The van der Waals surface area contributed by atoms with Gasteiger partial charge in [-0.05, 0) is 44.2 Å². The topological polar surface area (TPSA) is 100 Å². The van der Waals surface area contributed by atoms with E-state index in [0.717, 1.165) is 8.78 Å². The van der Waals surface area contributed by atoms with Gasteiger partial charge in [-0.25, -0.2) is 8.96 Å². The molecule has 1 aliphatic heterocycles. The smallest absolute Gasteiger partial charge is 0.309 e. The molecule has 0 spiro atoms. The minimum absolute atomic E-state index is 0.197. The number of carbonyl (C=O) groups is 1. The number of carbonyl (C=O) groups excluding carboxylic acids is 1. The highest BCUT2D eigenvalue weighted by Crippen LogP contribution is 2.32. The summed E-state index contributed by atoms with van der Waals surface area (Å²) in [7, 11) is -0.778. The fourth-order valence-electron chi connectivity index (χ4n) is 2.76. The largest absolute Gasteiger partial charge is 0.346 e. The van der Waals surface area contributed by atoms with Crippen molar-refractivity contribution in [2.75, 3.05) is 26.9 Å². The van der Waals surface area contributed by atoms with E-state index in [0.29, 0.717) is 39.8 Å². The second kappa shape index (κ2) is 7.40. The normalized spacial score (nSPS) is 17.5. The van der Waals surface area contributed by atoms with Gasteiger partial charge in [-0.1, -0.05) is 11.8 Å². The molecule has 2 aromatic heterocycles. The van der Waals surface area contributed by atoms with Gasteiger partial charge in [0.15, 0.2) is 5.16 Å². The molecule has 1 aliphatic rings. The number of rotatable bonds is 5. The molecule has 0 amide bonds. The number of aromatic nitrogens is 3. The van der Waals surface area contributed by atoms with Crippen LogP contribution in [0.3, 0.4) is 0 Å². The lowest BCUT2D eigenvalue weighted by Gasteiger charge is -2.23. The molecule has 1 atom stereocenters. The third-order valence-electron chi connectivity index (χ3n) is 4.04. The number of imidazole rings is 1. The molecule has 2 aromatic rings. The van der Waals surface area contributed by atoms with E-state index in [2.05, 4.69) is 47.1 Å². The standard InChI is InChI=1S/C14H17Br2N5O3S2/c1-20(2)26(23,24)21-9-4-5-17-11(10(9)19-14(21)25-3)12(22)8-6-7(15)13(16)18-8/h6,11,17-18H,4-5H2,1-3H3. The molecule has 0 radical (unpaired) electrons. The number of hydrogen-bond donors (Lipinski definition) is 2. The number of H-pyrrole nitrogens is 1. The first kappa shape index (κ1) is 20.1. The number of ketones is 1. The van der Waals surface area contributed by atoms with E-state index in [-0.39, 0.29) is 5.78 Å². The molecule has 12 heteroatoms. The highest BCUT2D eigenvalue weighted by atomic mass is 79.9. The predicted octanol–water partition coefficient (Wildman–Crippen LogP) is 2.18. The summed E-state index contributed by atoms with van der Waals surface area (Å²) in [6, 6.07) is 0.978. The monoisotopic (exact) mass is 525 g/mol. The quantitative estimate of drug-likeness (QED) is 0.457. The summed E-state index contributed by atoms with van der Waals surface area (Å²) in [4.78, 5) is 20.4. The van der Waals surface area contributed by atoms with Gasteiger partial charge < -0.3 is 10.3 Å². The first-order chi connectivity index (χ1) is 12.2. The number of nitrogens with one attached hydrogen (secondary N) is 2. The van der Waals surface area contributed by atoms with Gasteiger partial charge in [0.05, 0.1) is 26.2 Å². The highest BCUT2D eigenvalue weighted by molar-refractivity contribution is 9.13. The van der Waals surface area contributed by atoms with Crippen molar-refractivity contribution in [3.05, 3.63) is 32.2 Å². The van der Waals surface area contributed by atoms with Crippen molar-refractivity contribution in [3.8, 4) is 0 Å². The van der Waals surface area contributed by atoms with E-state index < -0.39 is 16.3 Å². The van der Waals surface area contributed by atoms with Crippen LogP contribution >= 0.6 is 43.6 Å². The number of nitrogens with zero attached hydrogens (tertiary/aromatic N) is 3. The first-order valence-electron chi connectivity index (χ1n) is 7.58. The van der Waals surface area contributed by atoms with Gasteiger partial charge >= 0.3 is 10.2 Å². The summed E-state index contributed by atoms with van der Waals surface area (Å²) in [5.74, 6) is -0.197. The Morgan fingerprint density at radius 1 is 1.42 bits per heavy atom. The van der Waals surface area contributed by atoms with Crippen LogP contribution in [-0.4, -0.2) is 59.3 Å². The van der Waals surface area contributed by atoms with Crippen molar-refractivity contribution in [1.29, 1.82) is 0 Å². The number of thioether (sulfide) groups is 1. The minimum atomic E-state index is -3.73. The molecule has 0 aromatic carbocycles. The summed E-state index contributed by atoms with van der Waals surface area (Å²) in [5.41, 5.74) is 1.41. The predicted molar refractivity (Wildman–Crippen MR) is 107 cm³/mol. The van der Waals surface area contributed by atoms with Crippen LogP contribution in [0.4, 0.5) is 0 Å². The van der Waals surface area contributed by atoms with E-state index in [4.69, 9.17) is 0 Å². The average molecular weight is 527 g/mol. The zero-order valence-corrected chi connectivity index (χ0v) is 19.0. The van der Waals surface area contributed by atoms with Gasteiger partial charge in [0.1, 0.15) is 6.04 Å². The van der Waals surface area contributed by atoms with Crippen molar-refractivity contribution in [1.82, 2.24) is 23.6 Å². The Hall–Kier alpha value is -0.660. The molecule has 8 nitrogen and oxygen atoms in total. The van der Waals surface area contributed by atoms with Gasteiger partial charge in [0.2, 0.25) is 5.78 Å². The van der Waals surface area contributed by atoms with Crippen molar-refractivity contribution in [2.24, 2.45) is 0 Å². The Bertz CT molecular complexity index is 948. The Morgan fingerprint density at radius 3 is 2.65 bits per heavy atom. The molecule has 3 rings (SSSR count). The maximum atomic E-state index is 13.0. The summed E-state index contributed by atoms with van der Waals surface area (Å²) in [5, 5.41) is 3.50. The summed E-state index contributed by atoms with van der Waals surface area (Å²) < 4.78 is 29.3. The molecule has 0 bridgehead atoms. The van der Waals surface area contributed by atoms with E-state index in [9.17, 15) is 13.2 Å². The molecule has 0 aliphatic carbocycles. The van der Waals surface area contributed by atoms with Crippen molar-refractivity contribution < 1.29 is 13.2 Å². The van der Waals surface area contributed by atoms with E-state index >= 15 is 0 Å². The van der Waals surface area contributed by atoms with E-state index in [1.165, 1.54) is 29.8 Å². The van der Waals surface area contributed by atoms with Gasteiger partial charge in [-0.2, -0.15) is 12.7 Å². The molecule has 0 saturated carbocycles. The fourth-order valence-corrected chi connectivity index (χ4v) is 5.42. The van der Waals surface area contributed by atoms with Crippen LogP contribution in [0, 0.1) is 0 Å². The van der Waals surface area contributed by atoms with Gasteiger partial charge in [-0.15, -0.1) is 0 Å². The minimum Gasteiger partial charge on any atom is -0.346 e. The number of aromatic amines is 1. The maximum absolute atomic E-state index is 13.0. The number of fused-ring (bicyclic) bond motifs is 1. The molecule has 26 heavy (non-hydrogen) atoms. The van der Waals surface area contributed by atoms with E-state index in [1.807, 2.05) is 0 Å². The second-order valence-electron chi connectivity index (χ2n) is 5.83. The van der Waals surface area contributed by atoms with Crippen LogP contribution in [-0.2, 0) is 16.6 Å². The molecule has 1 unspecified atom stereocenters. The molecular weight excluding hydrogens is 510 g/mol. The number of Topliss-reactive ketones (excluding diaryl/α,β-unsaturated/α-hetero) is 1. The van der Waals surface area contributed by atoms with Crippen LogP contribution in [0.2, 0.25) is 0 Å². The zero-order chi connectivity index (χ0) is 19.2. The molecule has 0 fully saturated rings. The van der Waals surface area contributed by atoms with Crippen LogP contribution in [0.5, 0.6) is 0 Å². The van der Waals surface area contributed by atoms with Crippen LogP contribution in [0.25, 0.3) is 0 Å². The van der Waals surface area contributed by atoms with Gasteiger partial charge in [0, 0.05) is 27.1 Å². The Morgan fingerprint density at radius 2 is 2.12 bits per heavy atom. The highest BCUT2D eigenvalue weighted by Gasteiger charge is 2.36. The second-order valence-corrected chi connectivity index (χ2v) is 10.2. The molecule has 142 valence electrons. The third-order valence-corrected chi connectivity index (χ3v) is 8.36. The number of hydrogen-bond acceptors (Lipinski definition) is 6. The van der Waals surface area contributed by atoms with Crippen molar-refractivity contribution in [3.63, 3.8) is 0 Å². The lowest BCUT2D eigenvalue weighted by atomic mass is 10.00. The average Bonchev–Trinajstić information content (AvgIpc) is 3.14. The third kappa shape index (κ3) is 3.31. The zero-order valence-electron chi connectivity index (χ0n) is 14.2. The Balaban J connectivity index is 2.11. The van der Waals surface area contributed by atoms with Crippen molar-refractivity contribution >= 4 is 59.6 Å². The van der Waals surface area contributed by atoms with Crippen LogP contribution in [0.15, 0.2) is 20.3 Å². The number of halogens is 2. The van der Waals surface area contributed by atoms with Gasteiger partial charge in [-0.3, -0.25) is 4.79 Å². The van der Waals surface area contributed by atoms with Crippen molar-refractivity contribution in [2.45, 2.75) is 17.6 Å². The lowest BCUT2D eigenvalue weighted by Crippen LogP contribution is -2.38. The fraction of sp³-hybridized carbons (Fsp3) is 0.429. The molecule has 0 saturated heterocycles. The maximum Gasteiger partial charge on any atom is 0.309 e. The first-order valence-corrected chi connectivity index (χ1v) is 11.8. The van der Waals surface area contributed by atoms with E-state index in [1.54, 1.807) is 12.3 Å². The Labute approximate surface area is 172 Å². The summed E-state index contributed by atoms with van der Waals surface area (Å²) >= 11 is 7.91. The Kier molecular flexibility index (Phi) is 5.71. The SMILES string of the molecule is CSc1nc2c(n1S(=O)(=O)N(C)C)CCNC2C(=O)c1cc(Br)c(Br)[nH]1.